The molecule has 2 rings (SSSR count). The quantitative estimate of drug-likeness (QED) is 0.806. The summed E-state index contributed by atoms with van der Waals surface area (Å²) in [6.45, 7) is 5.54. The summed E-state index contributed by atoms with van der Waals surface area (Å²) in [7, 11) is 1.66. The molecule has 0 unspecified atom stereocenters. The molecule has 0 spiro atoms. The van der Waals surface area contributed by atoms with Crippen LogP contribution in [0, 0.1) is 0 Å². The zero-order valence-electron chi connectivity index (χ0n) is 11.1. The van der Waals surface area contributed by atoms with Crippen molar-refractivity contribution < 1.29 is 18.9 Å². The van der Waals surface area contributed by atoms with E-state index in [1.165, 1.54) is 0 Å². The molecule has 0 aliphatic carbocycles. The van der Waals surface area contributed by atoms with Crippen LogP contribution in [0.1, 0.15) is 19.4 Å². The van der Waals surface area contributed by atoms with Crippen molar-refractivity contribution in [2.45, 2.75) is 32.3 Å². The Morgan fingerprint density at radius 1 is 1.28 bits per heavy atom. The van der Waals surface area contributed by atoms with Gasteiger partial charge < -0.3 is 18.9 Å². The molecule has 1 aliphatic rings. The predicted molar refractivity (Wildman–Crippen MR) is 67.6 cm³/mol. The van der Waals surface area contributed by atoms with E-state index in [1.807, 2.05) is 38.1 Å². The summed E-state index contributed by atoms with van der Waals surface area (Å²) in [5.74, 6) is 0.377. The lowest BCUT2D eigenvalue weighted by atomic mass is 10.2. The number of hydrogen-bond acceptors (Lipinski definition) is 4. The largest absolute Gasteiger partial charge is 0.497 e. The van der Waals surface area contributed by atoms with Crippen LogP contribution in [-0.4, -0.2) is 32.2 Å². The minimum atomic E-state index is -0.478. The van der Waals surface area contributed by atoms with Gasteiger partial charge in [0.1, 0.15) is 11.9 Å². The fraction of sp³-hybridized carbons (Fsp3) is 0.571. The molecule has 0 radical (unpaired) electrons. The first kappa shape index (κ1) is 13.3. The molecule has 1 fully saturated rings. The molecule has 0 aromatic heterocycles. The van der Waals surface area contributed by atoms with Crippen molar-refractivity contribution in [3.05, 3.63) is 29.8 Å². The predicted octanol–water partition coefficient (Wildman–Crippen LogP) is 2.36. The normalized spacial score (nSPS) is 22.1. The van der Waals surface area contributed by atoms with Crippen molar-refractivity contribution in [3.63, 3.8) is 0 Å². The second kappa shape index (κ2) is 5.69. The smallest absolute Gasteiger partial charge is 0.163 e. The lowest BCUT2D eigenvalue weighted by Gasteiger charge is -2.17. The zero-order chi connectivity index (χ0) is 13.0. The SMILES string of the molecule is COc1ccc(COC[C@H]2COC(C)(C)O2)cc1. The maximum atomic E-state index is 5.66. The third-order valence-corrected chi connectivity index (χ3v) is 2.80. The van der Waals surface area contributed by atoms with Gasteiger partial charge in [0.2, 0.25) is 0 Å². The maximum Gasteiger partial charge on any atom is 0.163 e. The monoisotopic (exact) mass is 252 g/mol. The second-order valence-corrected chi connectivity index (χ2v) is 4.81. The summed E-state index contributed by atoms with van der Waals surface area (Å²) in [5, 5.41) is 0. The fourth-order valence-electron chi connectivity index (χ4n) is 1.88. The molecule has 4 nitrogen and oxygen atoms in total. The van der Waals surface area contributed by atoms with Crippen LogP contribution in [0.3, 0.4) is 0 Å². The summed E-state index contributed by atoms with van der Waals surface area (Å²) in [4.78, 5) is 0. The van der Waals surface area contributed by atoms with Gasteiger partial charge in [-0.05, 0) is 31.5 Å². The molecular weight excluding hydrogens is 232 g/mol. The summed E-state index contributed by atoms with van der Waals surface area (Å²) < 4.78 is 21.8. The van der Waals surface area contributed by atoms with Crippen molar-refractivity contribution >= 4 is 0 Å². The van der Waals surface area contributed by atoms with Crippen LogP contribution in [0.15, 0.2) is 24.3 Å². The third-order valence-electron chi connectivity index (χ3n) is 2.80. The molecule has 0 amide bonds. The van der Waals surface area contributed by atoms with Crippen LogP contribution < -0.4 is 4.74 Å². The van der Waals surface area contributed by atoms with Crippen LogP contribution in [0.25, 0.3) is 0 Å². The molecular formula is C14H20O4. The number of ether oxygens (including phenoxy) is 4. The number of hydrogen-bond donors (Lipinski definition) is 0. The van der Waals surface area contributed by atoms with E-state index in [0.717, 1.165) is 11.3 Å². The average molecular weight is 252 g/mol. The molecule has 1 atom stereocenters. The Bertz CT molecular complexity index is 372. The van der Waals surface area contributed by atoms with Crippen LogP contribution >= 0.6 is 0 Å². The minimum Gasteiger partial charge on any atom is -0.497 e. The Morgan fingerprint density at radius 2 is 2.00 bits per heavy atom. The Kier molecular flexibility index (Phi) is 4.22. The van der Waals surface area contributed by atoms with Gasteiger partial charge in [0.25, 0.3) is 0 Å². The highest BCUT2D eigenvalue weighted by Crippen LogP contribution is 2.22. The van der Waals surface area contributed by atoms with Crippen molar-refractivity contribution in [2.24, 2.45) is 0 Å². The summed E-state index contributed by atoms with van der Waals surface area (Å²) >= 11 is 0. The highest BCUT2D eigenvalue weighted by Gasteiger charge is 2.32. The van der Waals surface area contributed by atoms with E-state index in [-0.39, 0.29) is 6.10 Å². The molecule has 0 N–H and O–H groups in total. The van der Waals surface area contributed by atoms with Gasteiger partial charge in [0, 0.05) is 0 Å². The molecule has 1 aliphatic heterocycles. The molecule has 1 aromatic rings. The van der Waals surface area contributed by atoms with E-state index in [0.29, 0.717) is 19.8 Å². The first-order chi connectivity index (χ1) is 8.59. The number of rotatable bonds is 5. The highest BCUT2D eigenvalue weighted by molar-refractivity contribution is 5.26. The Balaban J connectivity index is 1.72. The van der Waals surface area contributed by atoms with E-state index in [1.54, 1.807) is 7.11 Å². The van der Waals surface area contributed by atoms with Gasteiger partial charge in [-0.15, -0.1) is 0 Å². The Hall–Kier alpha value is -1.10. The van der Waals surface area contributed by atoms with Gasteiger partial charge in [-0.2, -0.15) is 0 Å². The van der Waals surface area contributed by atoms with Crippen molar-refractivity contribution in [3.8, 4) is 5.75 Å². The third kappa shape index (κ3) is 3.70. The average Bonchev–Trinajstić information content (AvgIpc) is 2.70. The summed E-state index contributed by atoms with van der Waals surface area (Å²) in [5.41, 5.74) is 1.12. The van der Waals surface area contributed by atoms with Crippen LogP contribution in [0.5, 0.6) is 5.75 Å². The van der Waals surface area contributed by atoms with E-state index in [2.05, 4.69) is 0 Å². The van der Waals surface area contributed by atoms with E-state index in [4.69, 9.17) is 18.9 Å². The van der Waals surface area contributed by atoms with E-state index >= 15 is 0 Å². The van der Waals surface area contributed by atoms with Gasteiger partial charge >= 0.3 is 0 Å². The van der Waals surface area contributed by atoms with Gasteiger partial charge in [-0.3, -0.25) is 0 Å². The fourth-order valence-corrected chi connectivity index (χ4v) is 1.88. The first-order valence-electron chi connectivity index (χ1n) is 6.11. The molecule has 1 saturated heterocycles. The summed E-state index contributed by atoms with van der Waals surface area (Å²) in [6, 6.07) is 7.84. The van der Waals surface area contributed by atoms with Crippen molar-refractivity contribution in [2.75, 3.05) is 20.3 Å². The Morgan fingerprint density at radius 3 is 2.56 bits per heavy atom. The highest BCUT2D eigenvalue weighted by atomic mass is 16.7. The van der Waals surface area contributed by atoms with Crippen LogP contribution in [0.2, 0.25) is 0 Å². The van der Waals surface area contributed by atoms with E-state index < -0.39 is 5.79 Å². The topological polar surface area (TPSA) is 36.9 Å². The number of methoxy groups -OCH3 is 1. The van der Waals surface area contributed by atoms with Gasteiger partial charge in [-0.25, -0.2) is 0 Å². The van der Waals surface area contributed by atoms with Gasteiger partial charge in [-0.1, -0.05) is 12.1 Å². The lowest BCUT2D eigenvalue weighted by molar-refractivity contribution is -0.145. The Labute approximate surface area is 108 Å². The number of benzene rings is 1. The van der Waals surface area contributed by atoms with Gasteiger partial charge in [0.15, 0.2) is 5.79 Å². The maximum absolute atomic E-state index is 5.66. The van der Waals surface area contributed by atoms with E-state index in [9.17, 15) is 0 Å². The standard InChI is InChI=1S/C14H20O4/c1-14(2)17-10-13(18-14)9-16-8-11-4-6-12(15-3)7-5-11/h4-7,13H,8-10H2,1-3H3/t13-/m0/s1. The molecule has 0 bridgehead atoms. The zero-order valence-corrected chi connectivity index (χ0v) is 11.1. The summed E-state index contributed by atoms with van der Waals surface area (Å²) in [6.07, 6.45) is 0.0262. The molecule has 4 heteroatoms. The molecule has 1 aromatic carbocycles. The first-order valence-corrected chi connectivity index (χ1v) is 6.11. The minimum absolute atomic E-state index is 0.0262. The molecule has 18 heavy (non-hydrogen) atoms. The molecule has 1 heterocycles. The lowest BCUT2D eigenvalue weighted by Crippen LogP contribution is -2.24. The van der Waals surface area contributed by atoms with Crippen LogP contribution in [-0.2, 0) is 20.8 Å². The van der Waals surface area contributed by atoms with Gasteiger partial charge in [0.05, 0.1) is 26.9 Å². The van der Waals surface area contributed by atoms with Crippen molar-refractivity contribution in [1.82, 2.24) is 0 Å². The van der Waals surface area contributed by atoms with Crippen LogP contribution in [0.4, 0.5) is 0 Å². The van der Waals surface area contributed by atoms with Crippen molar-refractivity contribution in [1.29, 1.82) is 0 Å². The molecule has 0 saturated carbocycles. The second-order valence-electron chi connectivity index (χ2n) is 4.81. The molecule has 100 valence electrons.